The number of carbonyl (C=O) groups excluding carboxylic acids is 2. The number of esters is 1. The maximum absolute atomic E-state index is 13.4. The van der Waals surface area contributed by atoms with Gasteiger partial charge < -0.3 is 14.2 Å². The predicted molar refractivity (Wildman–Crippen MR) is 128 cm³/mol. The summed E-state index contributed by atoms with van der Waals surface area (Å²) >= 11 is 1.72. The number of ketones is 1. The van der Waals surface area contributed by atoms with Gasteiger partial charge in [-0.3, -0.25) is 14.6 Å². The molecule has 1 aliphatic carbocycles. The quantitative estimate of drug-likeness (QED) is 0.410. The smallest absolute Gasteiger partial charge is 0.315 e. The molecule has 7 heteroatoms. The Morgan fingerprint density at radius 2 is 1.97 bits per heavy atom. The van der Waals surface area contributed by atoms with Crippen molar-refractivity contribution in [1.82, 2.24) is 0 Å². The number of carbonyl (C=O) groups is 2. The average Bonchev–Trinajstić information content (AvgIpc) is 2.74. The number of benzene rings is 1. The molecule has 0 bridgehead atoms. The van der Waals surface area contributed by atoms with Crippen molar-refractivity contribution in [3.63, 3.8) is 0 Å². The van der Waals surface area contributed by atoms with Crippen LogP contribution in [0, 0.1) is 11.3 Å². The van der Waals surface area contributed by atoms with E-state index < -0.39 is 11.8 Å². The summed E-state index contributed by atoms with van der Waals surface area (Å²) in [7, 11) is 3.17. The molecule has 0 N–H and O–H groups in total. The van der Waals surface area contributed by atoms with E-state index in [1.807, 2.05) is 19.1 Å². The van der Waals surface area contributed by atoms with Crippen LogP contribution in [0.4, 0.5) is 0 Å². The SMILES string of the molecule is CCSCCOC(=O)C1C(C)=NC2=C(C(=O)CC(C)(C)C2)[C@@H]1c1ccc(OC)cc1OC. The molecule has 1 unspecified atom stereocenters. The normalized spacial score (nSPS) is 22.2. The lowest BCUT2D eigenvalue weighted by molar-refractivity contribution is -0.145. The maximum atomic E-state index is 13.4. The highest BCUT2D eigenvalue weighted by Gasteiger charge is 2.46. The summed E-state index contributed by atoms with van der Waals surface area (Å²) in [5, 5.41) is 0. The number of Topliss-reactive ketones (excluding diaryl/α,β-unsaturated/α-hetero) is 1. The van der Waals surface area contributed by atoms with Crippen molar-refractivity contribution in [2.24, 2.45) is 16.3 Å². The van der Waals surface area contributed by atoms with Gasteiger partial charge in [0.25, 0.3) is 0 Å². The summed E-state index contributed by atoms with van der Waals surface area (Å²) in [6.07, 6.45) is 1.11. The number of nitrogens with zero attached hydrogens (tertiary/aromatic N) is 1. The minimum absolute atomic E-state index is 0.0368. The molecule has 1 heterocycles. The third-order valence-corrected chi connectivity index (χ3v) is 6.87. The first kappa shape index (κ1) is 24.4. The first-order valence-electron chi connectivity index (χ1n) is 11.0. The molecule has 0 radical (unpaired) electrons. The number of aliphatic imine (C=N–C) groups is 1. The summed E-state index contributed by atoms with van der Waals surface area (Å²) in [6.45, 7) is 8.41. The van der Waals surface area contributed by atoms with E-state index in [-0.39, 0.29) is 17.2 Å². The Morgan fingerprint density at radius 3 is 2.62 bits per heavy atom. The molecule has 0 fully saturated rings. The zero-order valence-corrected chi connectivity index (χ0v) is 20.6. The molecule has 1 aromatic rings. The molecule has 3 rings (SSSR count). The molecule has 0 amide bonds. The Kier molecular flexibility index (Phi) is 7.70. The Hall–Kier alpha value is -2.28. The van der Waals surface area contributed by atoms with Crippen LogP contribution in [0.1, 0.15) is 52.0 Å². The van der Waals surface area contributed by atoms with Crippen molar-refractivity contribution in [3.8, 4) is 11.5 Å². The summed E-state index contributed by atoms with van der Waals surface area (Å²) in [5.74, 6) is 1.44. The van der Waals surface area contributed by atoms with Crippen LogP contribution in [0.15, 0.2) is 34.5 Å². The fourth-order valence-electron chi connectivity index (χ4n) is 4.60. The number of hydrogen-bond acceptors (Lipinski definition) is 7. The van der Waals surface area contributed by atoms with Gasteiger partial charge in [-0.1, -0.05) is 26.8 Å². The topological polar surface area (TPSA) is 74.2 Å². The molecule has 0 spiro atoms. The second kappa shape index (κ2) is 10.1. The minimum atomic E-state index is -0.673. The van der Waals surface area contributed by atoms with Gasteiger partial charge in [-0.25, -0.2) is 0 Å². The molecule has 6 nitrogen and oxygen atoms in total. The third kappa shape index (κ3) is 5.03. The van der Waals surface area contributed by atoms with Gasteiger partial charge in [0.1, 0.15) is 24.0 Å². The molecular weight excluding hydrogens is 426 g/mol. The van der Waals surface area contributed by atoms with E-state index in [4.69, 9.17) is 19.2 Å². The van der Waals surface area contributed by atoms with Crippen molar-refractivity contribution >= 4 is 29.2 Å². The molecule has 0 saturated heterocycles. The van der Waals surface area contributed by atoms with Crippen LogP contribution in [0.2, 0.25) is 0 Å². The van der Waals surface area contributed by atoms with Gasteiger partial charge in [-0.15, -0.1) is 0 Å². The lowest BCUT2D eigenvalue weighted by atomic mass is 9.66. The van der Waals surface area contributed by atoms with Crippen LogP contribution in [0.25, 0.3) is 0 Å². The van der Waals surface area contributed by atoms with E-state index in [0.29, 0.717) is 42.2 Å². The van der Waals surface area contributed by atoms with E-state index in [2.05, 4.69) is 20.8 Å². The van der Waals surface area contributed by atoms with Crippen molar-refractivity contribution in [2.45, 2.75) is 46.5 Å². The number of rotatable bonds is 8. The number of methoxy groups -OCH3 is 2. The van der Waals surface area contributed by atoms with E-state index in [1.54, 1.807) is 32.0 Å². The second-order valence-electron chi connectivity index (χ2n) is 8.98. The number of thioether (sulfide) groups is 1. The van der Waals surface area contributed by atoms with E-state index in [0.717, 1.165) is 22.8 Å². The molecule has 0 saturated carbocycles. The van der Waals surface area contributed by atoms with Crippen molar-refractivity contribution < 1.29 is 23.8 Å². The highest BCUT2D eigenvalue weighted by atomic mass is 32.2. The highest BCUT2D eigenvalue weighted by molar-refractivity contribution is 7.99. The molecule has 2 aliphatic rings. The maximum Gasteiger partial charge on any atom is 0.315 e. The van der Waals surface area contributed by atoms with Crippen LogP contribution < -0.4 is 9.47 Å². The Bertz CT molecular complexity index is 950. The third-order valence-electron chi connectivity index (χ3n) is 6.01. The minimum Gasteiger partial charge on any atom is -0.497 e. The Morgan fingerprint density at radius 1 is 1.22 bits per heavy atom. The lowest BCUT2D eigenvalue weighted by Crippen LogP contribution is -2.39. The fourth-order valence-corrected chi connectivity index (χ4v) is 5.09. The zero-order chi connectivity index (χ0) is 23.5. The highest BCUT2D eigenvalue weighted by Crippen LogP contribution is 2.50. The van der Waals surface area contributed by atoms with Crippen molar-refractivity contribution in [1.29, 1.82) is 0 Å². The molecule has 1 aliphatic heterocycles. The molecule has 1 aromatic carbocycles. The van der Waals surface area contributed by atoms with Gasteiger partial charge in [0.15, 0.2) is 5.78 Å². The van der Waals surface area contributed by atoms with Crippen LogP contribution in [0.3, 0.4) is 0 Å². The second-order valence-corrected chi connectivity index (χ2v) is 10.4. The summed E-state index contributed by atoms with van der Waals surface area (Å²) < 4.78 is 16.7. The van der Waals surface area contributed by atoms with Crippen molar-refractivity contribution in [3.05, 3.63) is 35.0 Å². The summed E-state index contributed by atoms with van der Waals surface area (Å²) in [5.41, 5.74) is 2.66. The molecule has 32 heavy (non-hydrogen) atoms. The molecule has 2 atom stereocenters. The fraction of sp³-hybridized carbons (Fsp3) is 0.560. The van der Waals surface area contributed by atoms with Gasteiger partial charge in [0, 0.05) is 46.7 Å². The molecule has 0 aromatic heterocycles. The largest absolute Gasteiger partial charge is 0.497 e. The van der Waals surface area contributed by atoms with Crippen LogP contribution in [-0.4, -0.2) is 49.8 Å². The van der Waals surface area contributed by atoms with Crippen LogP contribution in [0.5, 0.6) is 11.5 Å². The van der Waals surface area contributed by atoms with Crippen LogP contribution >= 0.6 is 11.8 Å². The molecular formula is C25H33NO5S. The number of allylic oxidation sites excluding steroid dienone is 2. The average molecular weight is 460 g/mol. The monoisotopic (exact) mass is 459 g/mol. The first-order valence-corrected chi connectivity index (χ1v) is 12.2. The number of ether oxygens (including phenoxy) is 3. The van der Waals surface area contributed by atoms with Crippen molar-refractivity contribution in [2.75, 3.05) is 32.3 Å². The molecule has 174 valence electrons. The first-order chi connectivity index (χ1) is 15.2. The summed E-state index contributed by atoms with van der Waals surface area (Å²) in [6, 6.07) is 5.50. The Balaban J connectivity index is 2.10. The van der Waals surface area contributed by atoms with E-state index in [1.165, 1.54) is 0 Å². The Labute approximate surface area is 194 Å². The van der Waals surface area contributed by atoms with Gasteiger partial charge in [-0.2, -0.15) is 11.8 Å². The van der Waals surface area contributed by atoms with Gasteiger partial charge in [0.2, 0.25) is 0 Å². The zero-order valence-electron chi connectivity index (χ0n) is 19.8. The standard InChI is InChI=1S/C25H33NO5S/c1-7-32-11-10-31-24(28)21-15(2)26-18-13-25(3,4)14-19(27)23(18)22(21)17-9-8-16(29-5)12-20(17)30-6/h8-9,12,21-22H,7,10-11,13-14H2,1-6H3/t21?,22-/m1/s1. The van der Waals surface area contributed by atoms with Crippen LogP contribution in [-0.2, 0) is 14.3 Å². The van der Waals surface area contributed by atoms with Gasteiger partial charge in [-0.05, 0) is 30.6 Å². The predicted octanol–water partition coefficient (Wildman–Crippen LogP) is 4.82. The number of hydrogen-bond donors (Lipinski definition) is 0. The van der Waals surface area contributed by atoms with Gasteiger partial charge in [0.05, 0.1) is 14.2 Å². The van der Waals surface area contributed by atoms with E-state index >= 15 is 0 Å². The van der Waals surface area contributed by atoms with Gasteiger partial charge >= 0.3 is 5.97 Å². The van der Waals surface area contributed by atoms with E-state index in [9.17, 15) is 9.59 Å². The summed E-state index contributed by atoms with van der Waals surface area (Å²) in [4.78, 5) is 31.4. The lowest BCUT2D eigenvalue weighted by Gasteiger charge is -2.39.